The van der Waals surface area contributed by atoms with E-state index in [9.17, 15) is 0 Å². The zero-order valence-electron chi connectivity index (χ0n) is 15.9. The third-order valence-electron chi connectivity index (χ3n) is 5.35. The first-order chi connectivity index (χ1) is 13.2. The lowest BCUT2D eigenvalue weighted by Gasteiger charge is -2.31. The summed E-state index contributed by atoms with van der Waals surface area (Å²) in [5.41, 5.74) is 4.13. The van der Waals surface area contributed by atoms with Gasteiger partial charge in [0.05, 0.1) is 10.2 Å². The lowest BCUT2D eigenvalue weighted by molar-refractivity contribution is 0.443. The maximum Gasteiger partial charge on any atom is 0.188 e. The average molecular weight is 415 g/mol. The molecule has 0 saturated carbocycles. The molecule has 0 aliphatic carbocycles. The van der Waals surface area contributed by atoms with Crippen LogP contribution in [-0.2, 0) is 7.05 Å². The van der Waals surface area contributed by atoms with Gasteiger partial charge in [0.15, 0.2) is 10.8 Å². The molecule has 1 aliphatic rings. The molecule has 1 aromatic carbocycles. The fourth-order valence-corrected chi connectivity index (χ4v) is 4.79. The van der Waals surface area contributed by atoms with E-state index in [-0.39, 0.29) is 12.4 Å². The molecule has 8 heteroatoms. The molecule has 6 nitrogen and oxygen atoms in total. The minimum atomic E-state index is 0. The van der Waals surface area contributed by atoms with E-state index in [1.807, 2.05) is 24.1 Å². The lowest BCUT2D eigenvalue weighted by atomic mass is 10.1. The number of aryl methyl sites for hydroxylation is 1. The molecule has 0 atom stereocenters. The number of hydrogen-bond acceptors (Lipinski definition) is 6. The minimum Gasteiger partial charge on any atom is -0.348 e. The Balaban J connectivity index is 0.00000192. The molecule has 0 amide bonds. The highest BCUT2D eigenvalue weighted by Gasteiger charge is 2.21. The summed E-state index contributed by atoms with van der Waals surface area (Å²) >= 11 is 1.73. The van der Waals surface area contributed by atoms with Gasteiger partial charge >= 0.3 is 0 Å². The van der Waals surface area contributed by atoms with E-state index in [1.165, 1.54) is 0 Å². The first kappa shape index (κ1) is 19.1. The number of aromatic nitrogens is 4. The first-order valence-electron chi connectivity index (χ1n) is 9.31. The van der Waals surface area contributed by atoms with Crippen molar-refractivity contribution in [1.29, 1.82) is 0 Å². The number of hydrogen-bond donors (Lipinski definition) is 1. The van der Waals surface area contributed by atoms with Crippen LogP contribution in [0.15, 0.2) is 36.7 Å². The van der Waals surface area contributed by atoms with Gasteiger partial charge in [-0.1, -0.05) is 17.4 Å². The summed E-state index contributed by atoms with van der Waals surface area (Å²) in [7, 11) is 4.11. The molecule has 0 bridgehead atoms. The van der Waals surface area contributed by atoms with Crippen molar-refractivity contribution in [3.63, 3.8) is 0 Å². The quantitative estimate of drug-likeness (QED) is 0.551. The molecular weight excluding hydrogens is 392 g/mol. The number of halogens is 1. The van der Waals surface area contributed by atoms with Crippen molar-refractivity contribution < 1.29 is 0 Å². The zero-order chi connectivity index (χ0) is 18.4. The summed E-state index contributed by atoms with van der Waals surface area (Å²) in [5, 5.41) is 10.1. The predicted octanol–water partition coefficient (Wildman–Crippen LogP) is 3.86. The lowest BCUT2D eigenvalue weighted by Crippen LogP contribution is -2.41. The molecule has 3 aromatic heterocycles. The van der Waals surface area contributed by atoms with Crippen molar-refractivity contribution in [1.82, 2.24) is 25.1 Å². The molecule has 4 heterocycles. The number of rotatable bonds is 3. The molecule has 146 valence electrons. The molecule has 28 heavy (non-hydrogen) atoms. The smallest absolute Gasteiger partial charge is 0.188 e. The van der Waals surface area contributed by atoms with E-state index in [0.717, 1.165) is 63.4 Å². The topological polar surface area (TPSA) is 58.9 Å². The van der Waals surface area contributed by atoms with E-state index < -0.39 is 0 Å². The van der Waals surface area contributed by atoms with Crippen molar-refractivity contribution >= 4 is 50.1 Å². The van der Waals surface area contributed by atoms with Crippen molar-refractivity contribution in [3.05, 3.63) is 36.7 Å². The third kappa shape index (κ3) is 3.45. The van der Waals surface area contributed by atoms with Crippen molar-refractivity contribution in [2.24, 2.45) is 7.05 Å². The molecule has 0 spiro atoms. The van der Waals surface area contributed by atoms with E-state index >= 15 is 0 Å². The molecule has 1 fully saturated rings. The third-order valence-corrected chi connectivity index (χ3v) is 6.43. The second-order valence-corrected chi connectivity index (χ2v) is 8.22. The minimum absolute atomic E-state index is 0. The highest BCUT2D eigenvalue weighted by molar-refractivity contribution is 7.22. The van der Waals surface area contributed by atoms with Crippen LogP contribution in [0, 0.1) is 0 Å². The monoisotopic (exact) mass is 414 g/mol. The van der Waals surface area contributed by atoms with Crippen molar-refractivity contribution in [2.75, 3.05) is 25.0 Å². The van der Waals surface area contributed by atoms with Crippen LogP contribution >= 0.6 is 23.7 Å². The highest BCUT2D eigenvalue weighted by atomic mass is 35.5. The summed E-state index contributed by atoms with van der Waals surface area (Å²) in [6.45, 7) is 2.16. The van der Waals surface area contributed by atoms with Gasteiger partial charge in [0.1, 0.15) is 0 Å². The molecule has 4 aromatic rings. The molecule has 5 rings (SSSR count). The van der Waals surface area contributed by atoms with Crippen LogP contribution in [0.4, 0.5) is 5.13 Å². The summed E-state index contributed by atoms with van der Waals surface area (Å²) in [6, 6.07) is 9.12. The maximum atomic E-state index is 4.78. The molecular formula is C20H23ClN6S. The van der Waals surface area contributed by atoms with Crippen LogP contribution < -0.4 is 10.2 Å². The average Bonchev–Trinajstić information content (AvgIpc) is 3.29. The molecule has 0 radical (unpaired) electrons. The van der Waals surface area contributed by atoms with Crippen LogP contribution in [0.1, 0.15) is 12.8 Å². The van der Waals surface area contributed by atoms with E-state index in [2.05, 4.69) is 51.6 Å². The van der Waals surface area contributed by atoms with Crippen molar-refractivity contribution in [3.8, 4) is 11.1 Å². The Hall–Kier alpha value is -2.22. The Morgan fingerprint density at radius 1 is 1.18 bits per heavy atom. The molecule has 1 aliphatic heterocycles. The molecule has 1 N–H and O–H groups in total. The number of fused-ring (bicyclic) bond motifs is 2. The number of anilines is 1. The fraction of sp³-hybridized carbons (Fsp3) is 0.350. The normalized spacial score (nSPS) is 15.1. The maximum absolute atomic E-state index is 4.78. The second-order valence-electron chi connectivity index (χ2n) is 7.21. The summed E-state index contributed by atoms with van der Waals surface area (Å²) < 4.78 is 2.98. The Kier molecular flexibility index (Phi) is 5.23. The van der Waals surface area contributed by atoms with Crippen LogP contribution in [-0.4, -0.2) is 45.9 Å². The molecule has 0 unspecified atom stereocenters. The first-order valence-corrected chi connectivity index (χ1v) is 10.1. The Morgan fingerprint density at radius 2 is 2.00 bits per heavy atom. The van der Waals surface area contributed by atoms with Crippen LogP contribution in [0.3, 0.4) is 0 Å². The number of nitrogens with one attached hydrogen (secondary N) is 1. The second kappa shape index (κ2) is 7.66. The van der Waals surface area contributed by atoms with Gasteiger partial charge in [0.2, 0.25) is 0 Å². The standard InChI is InChI=1S/C20H22N6S.ClH/c1-25-12-15-9-13(3-4-17(15)24-25)14-10-18-19(22-11-14)23-20(27-18)26(2)16-5-7-21-8-6-16;/h3-4,9-12,16,21H,5-8H2,1-2H3;1H. The van der Waals surface area contributed by atoms with Gasteiger partial charge < -0.3 is 10.2 Å². The van der Waals surface area contributed by atoms with Crippen LogP contribution in [0.2, 0.25) is 0 Å². The van der Waals surface area contributed by atoms with E-state index in [1.54, 1.807) is 11.3 Å². The Labute approximate surface area is 174 Å². The van der Waals surface area contributed by atoms with Gasteiger partial charge in [-0.25, -0.2) is 4.98 Å². The predicted molar refractivity (Wildman–Crippen MR) is 119 cm³/mol. The number of nitrogens with zero attached hydrogens (tertiary/aromatic N) is 5. The summed E-state index contributed by atoms with van der Waals surface area (Å²) in [6.07, 6.45) is 6.30. The molecule has 1 saturated heterocycles. The van der Waals surface area contributed by atoms with Gasteiger partial charge in [0, 0.05) is 43.5 Å². The number of pyridine rings is 1. The highest BCUT2D eigenvalue weighted by Crippen LogP contribution is 2.32. The van der Waals surface area contributed by atoms with Gasteiger partial charge in [-0.2, -0.15) is 10.1 Å². The summed E-state index contributed by atoms with van der Waals surface area (Å²) in [4.78, 5) is 11.7. The number of piperidine rings is 1. The van der Waals surface area contributed by atoms with Crippen molar-refractivity contribution in [2.45, 2.75) is 18.9 Å². The van der Waals surface area contributed by atoms with Gasteiger partial charge in [-0.15, -0.1) is 12.4 Å². The van der Waals surface area contributed by atoms with Gasteiger partial charge in [0.25, 0.3) is 0 Å². The SMILES string of the molecule is CN(c1nc2ncc(-c3ccc4nn(C)cc4c3)cc2s1)C1CCNCC1.Cl. The Morgan fingerprint density at radius 3 is 2.82 bits per heavy atom. The van der Waals surface area contributed by atoms with Crippen LogP contribution in [0.25, 0.3) is 32.4 Å². The fourth-order valence-electron chi connectivity index (χ4n) is 3.80. The van der Waals surface area contributed by atoms with E-state index in [4.69, 9.17) is 4.98 Å². The van der Waals surface area contributed by atoms with Gasteiger partial charge in [-0.05, 0) is 49.7 Å². The van der Waals surface area contributed by atoms with Crippen LogP contribution in [0.5, 0.6) is 0 Å². The largest absolute Gasteiger partial charge is 0.348 e. The van der Waals surface area contributed by atoms with E-state index in [0.29, 0.717) is 6.04 Å². The summed E-state index contributed by atoms with van der Waals surface area (Å²) in [5.74, 6) is 0. The number of thiazole rings is 1. The zero-order valence-corrected chi connectivity index (χ0v) is 17.6. The number of benzene rings is 1. The van der Waals surface area contributed by atoms with Gasteiger partial charge in [-0.3, -0.25) is 4.68 Å². The Bertz CT molecular complexity index is 1110.